The van der Waals surface area contributed by atoms with Crippen molar-refractivity contribution in [1.82, 2.24) is 4.98 Å². The van der Waals surface area contributed by atoms with Crippen molar-refractivity contribution >= 4 is 22.7 Å². The molecule has 0 unspecified atom stereocenters. The molecule has 0 aliphatic carbocycles. The summed E-state index contributed by atoms with van der Waals surface area (Å²) in [6, 6.07) is 7.67. The number of rotatable bonds is 3. The highest BCUT2D eigenvalue weighted by Gasteiger charge is 2.13. The molecule has 1 aromatic heterocycles. The highest BCUT2D eigenvalue weighted by Crippen LogP contribution is 2.23. The molecule has 1 heterocycles. The number of anilines is 1. The number of benzene rings is 1. The van der Waals surface area contributed by atoms with Crippen LogP contribution >= 0.6 is 0 Å². The summed E-state index contributed by atoms with van der Waals surface area (Å²) in [6.45, 7) is 2.08. The summed E-state index contributed by atoms with van der Waals surface area (Å²) in [5.41, 5.74) is 2.51. The minimum atomic E-state index is -0.341. The summed E-state index contributed by atoms with van der Waals surface area (Å²) < 4.78 is 4.82. The largest absolute Gasteiger partial charge is 0.465 e. The molecule has 0 saturated heterocycles. The van der Waals surface area contributed by atoms with Crippen molar-refractivity contribution in [1.29, 1.82) is 0 Å². The topological polar surface area (TPSA) is 51.2 Å². The third-order valence-electron chi connectivity index (χ3n) is 2.94. The lowest BCUT2D eigenvalue weighted by Gasteiger charge is -2.09. The molecule has 1 aromatic carbocycles. The predicted molar refractivity (Wildman–Crippen MR) is 72.0 cm³/mol. The van der Waals surface area contributed by atoms with Gasteiger partial charge in [-0.3, -0.25) is 0 Å². The number of fused-ring (bicyclic) bond motifs is 1. The summed E-state index contributed by atoms with van der Waals surface area (Å²) in [6.07, 6.45) is 0.921. The fourth-order valence-corrected chi connectivity index (χ4v) is 1.90. The van der Waals surface area contributed by atoms with Crippen LogP contribution in [0.4, 0.5) is 5.82 Å². The molecule has 0 aliphatic rings. The Bertz CT molecular complexity index is 594. The van der Waals surface area contributed by atoms with E-state index in [4.69, 9.17) is 4.74 Å². The third kappa shape index (κ3) is 2.14. The van der Waals surface area contributed by atoms with E-state index in [1.54, 1.807) is 13.1 Å². The molecule has 0 saturated carbocycles. The van der Waals surface area contributed by atoms with Gasteiger partial charge in [0.25, 0.3) is 0 Å². The van der Waals surface area contributed by atoms with E-state index >= 15 is 0 Å². The van der Waals surface area contributed by atoms with Crippen LogP contribution in [-0.2, 0) is 11.2 Å². The van der Waals surface area contributed by atoms with E-state index in [0.29, 0.717) is 11.4 Å². The van der Waals surface area contributed by atoms with Gasteiger partial charge in [-0.05, 0) is 30.2 Å². The standard InChI is InChI=1S/C14H16N2O2/c1-4-9-5-6-12-10(7-9)11(14(17)18-3)8-13(15-2)16-12/h5-8H,4H2,1-3H3,(H,15,16). The minimum Gasteiger partial charge on any atom is -0.465 e. The van der Waals surface area contributed by atoms with Crippen molar-refractivity contribution < 1.29 is 9.53 Å². The van der Waals surface area contributed by atoms with Crippen molar-refractivity contribution in [2.45, 2.75) is 13.3 Å². The molecule has 18 heavy (non-hydrogen) atoms. The lowest BCUT2D eigenvalue weighted by Crippen LogP contribution is -2.05. The normalized spacial score (nSPS) is 10.4. The van der Waals surface area contributed by atoms with Gasteiger partial charge in [0.1, 0.15) is 5.82 Å². The number of hydrogen-bond acceptors (Lipinski definition) is 4. The van der Waals surface area contributed by atoms with Gasteiger partial charge < -0.3 is 10.1 Å². The van der Waals surface area contributed by atoms with Gasteiger partial charge in [-0.25, -0.2) is 9.78 Å². The van der Waals surface area contributed by atoms with E-state index in [-0.39, 0.29) is 5.97 Å². The van der Waals surface area contributed by atoms with Crippen LogP contribution in [0.1, 0.15) is 22.8 Å². The van der Waals surface area contributed by atoms with Gasteiger partial charge in [0, 0.05) is 12.4 Å². The van der Waals surface area contributed by atoms with Crippen molar-refractivity contribution in [2.75, 3.05) is 19.5 Å². The van der Waals surface area contributed by atoms with Gasteiger partial charge in [0.15, 0.2) is 0 Å². The Morgan fingerprint density at radius 1 is 1.39 bits per heavy atom. The van der Waals surface area contributed by atoms with Gasteiger partial charge in [-0.15, -0.1) is 0 Å². The van der Waals surface area contributed by atoms with Crippen molar-refractivity contribution in [3.8, 4) is 0 Å². The molecule has 0 aliphatic heterocycles. The number of ether oxygens (including phenoxy) is 1. The molecule has 0 amide bonds. The second-order valence-corrected chi connectivity index (χ2v) is 4.00. The van der Waals surface area contributed by atoms with Crippen molar-refractivity contribution in [2.24, 2.45) is 0 Å². The van der Waals surface area contributed by atoms with E-state index in [2.05, 4.69) is 17.2 Å². The molecular weight excluding hydrogens is 228 g/mol. The molecular formula is C14H16N2O2. The molecule has 0 bridgehead atoms. The van der Waals surface area contributed by atoms with Crippen LogP contribution < -0.4 is 5.32 Å². The van der Waals surface area contributed by atoms with E-state index in [9.17, 15) is 4.79 Å². The average Bonchev–Trinajstić information content (AvgIpc) is 2.44. The molecule has 94 valence electrons. The van der Waals surface area contributed by atoms with E-state index < -0.39 is 0 Å². The van der Waals surface area contributed by atoms with Crippen molar-refractivity contribution in [3.05, 3.63) is 35.4 Å². The molecule has 4 nitrogen and oxygen atoms in total. The number of aryl methyl sites for hydroxylation is 1. The first-order valence-electron chi connectivity index (χ1n) is 5.89. The first-order chi connectivity index (χ1) is 8.69. The van der Waals surface area contributed by atoms with Crippen LogP contribution in [0.25, 0.3) is 10.9 Å². The fraction of sp³-hybridized carbons (Fsp3) is 0.286. The van der Waals surface area contributed by atoms with Gasteiger partial charge in [-0.1, -0.05) is 13.0 Å². The Labute approximate surface area is 106 Å². The Kier molecular flexibility index (Phi) is 3.46. The van der Waals surface area contributed by atoms with Crippen LogP contribution in [0.2, 0.25) is 0 Å². The Morgan fingerprint density at radius 3 is 2.78 bits per heavy atom. The van der Waals surface area contributed by atoms with E-state index in [1.165, 1.54) is 12.7 Å². The second-order valence-electron chi connectivity index (χ2n) is 4.00. The number of nitrogens with one attached hydrogen (secondary N) is 1. The summed E-state index contributed by atoms with van der Waals surface area (Å²) in [5, 5.41) is 3.78. The number of carbonyl (C=O) groups excluding carboxylic acids is 1. The SMILES string of the molecule is CCc1ccc2nc(NC)cc(C(=O)OC)c2c1. The van der Waals surface area contributed by atoms with Crippen LogP contribution in [-0.4, -0.2) is 25.1 Å². The zero-order valence-electron chi connectivity index (χ0n) is 10.8. The molecule has 4 heteroatoms. The van der Waals surface area contributed by atoms with Crippen molar-refractivity contribution in [3.63, 3.8) is 0 Å². The third-order valence-corrected chi connectivity index (χ3v) is 2.94. The van der Waals surface area contributed by atoms with Gasteiger partial charge in [0.05, 0.1) is 18.2 Å². The van der Waals surface area contributed by atoms with Gasteiger partial charge >= 0.3 is 5.97 Å². The quantitative estimate of drug-likeness (QED) is 0.843. The first-order valence-corrected chi connectivity index (χ1v) is 5.89. The lowest BCUT2D eigenvalue weighted by molar-refractivity contribution is 0.0603. The maximum atomic E-state index is 11.8. The molecule has 0 radical (unpaired) electrons. The highest BCUT2D eigenvalue weighted by atomic mass is 16.5. The summed E-state index contributed by atoms with van der Waals surface area (Å²) in [7, 11) is 3.16. The Hall–Kier alpha value is -2.10. The Morgan fingerprint density at radius 2 is 2.17 bits per heavy atom. The minimum absolute atomic E-state index is 0.341. The average molecular weight is 244 g/mol. The maximum absolute atomic E-state index is 11.8. The number of aromatic nitrogens is 1. The predicted octanol–water partition coefficient (Wildman–Crippen LogP) is 2.63. The number of hydrogen-bond donors (Lipinski definition) is 1. The molecule has 0 fully saturated rings. The van der Waals surface area contributed by atoms with Crippen LogP contribution in [0.3, 0.4) is 0 Å². The fourth-order valence-electron chi connectivity index (χ4n) is 1.90. The van der Waals surface area contributed by atoms with Gasteiger partial charge in [-0.2, -0.15) is 0 Å². The monoisotopic (exact) mass is 244 g/mol. The smallest absolute Gasteiger partial charge is 0.338 e. The van der Waals surface area contributed by atoms with Crippen LogP contribution in [0, 0.1) is 0 Å². The lowest BCUT2D eigenvalue weighted by atomic mass is 10.0. The highest BCUT2D eigenvalue weighted by molar-refractivity contribution is 6.04. The number of carbonyl (C=O) groups is 1. The summed E-state index contributed by atoms with van der Waals surface area (Å²) in [5.74, 6) is 0.319. The molecule has 1 N–H and O–H groups in total. The van der Waals surface area contributed by atoms with E-state index in [0.717, 1.165) is 17.3 Å². The second kappa shape index (κ2) is 5.04. The molecule has 2 rings (SSSR count). The van der Waals surface area contributed by atoms with E-state index in [1.807, 2.05) is 18.2 Å². The summed E-state index contributed by atoms with van der Waals surface area (Å²) >= 11 is 0. The molecule has 0 spiro atoms. The number of pyridine rings is 1. The van der Waals surface area contributed by atoms with Crippen LogP contribution in [0.5, 0.6) is 0 Å². The van der Waals surface area contributed by atoms with Crippen LogP contribution in [0.15, 0.2) is 24.3 Å². The Balaban J connectivity index is 2.73. The number of methoxy groups -OCH3 is 1. The first kappa shape index (κ1) is 12.4. The van der Waals surface area contributed by atoms with Gasteiger partial charge in [0.2, 0.25) is 0 Å². The zero-order chi connectivity index (χ0) is 13.1. The molecule has 2 aromatic rings. The molecule has 0 atom stereocenters. The number of nitrogens with zero attached hydrogens (tertiary/aromatic N) is 1. The number of esters is 1. The zero-order valence-corrected chi connectivity index (χ0v) is 10.8. The maximum Gasteiger partial charge on any atom is 0.338 e. The summed E-state index contributed by atoms with van der Waals surface area (Å²) in [4.78, 5) is 16.2.